The first-order valence-electron chi connectivity index (χ1n) is 8.11. The summed E-state index contributed by atoms with van der Waals surface area (Å²) in [6.07, 6.45) is 1.69. The van der Waals surface area contributed by atoms with E-state index in [9.17, 15) is 15.2 Å². The van der Waals surface area contributed by atoms with E-state index in [2.05, 4.69) is 6.07 Å². The summed E-state index contributed by atoms with van der Waals surface area (Å²) >= 11 is 0. The number of piperidine rings is 1. The molecular formula is C20H20N2O2. The lowest BCUT2D eigenvalue weighted by Crippen LogP contribution is -2.44. The van der Waals surface area contributed by atoms with Crippen LogP contribution in [0.2, 0.25) is 0 Å². The molecule has 122 valence electrons. The van der Waals surface area contributed by atoms with Gasteiger partial charge in [-0.05, 0) is 55.2 Å². The number of benzene rings is 2. The van der Waals surface area contributed by atoms with Crippen molar-refractivity contribution in [3.8, 4) is 22.9 Å². The van der Waals surface area contributed by atoms with Crippen LogP contribution in [-0.4, -0.2) is 29.0 Å². The molecule has 4 nitrogen and oxygen atoms in total. The van der Waals surface area contributed by atoms with Gasteiger partial charge < -0.3 is 10.0 Å². The molecule has 1 aliphatic heterocycles. The molecule has 0 aliphatic carbocycles. The molecule has 0 bridgehead atoms. The van der Waals surface area contributed by atoms with Gasteiger partial charge in [0.15, 0.2) is 0 Å². The number of carbonyl (C=O) groups is 1. The molecule has 1 heterocycles. The third-order valence-corrected chi connectivity index (χ3v) is 4.56. The molecule has 24 heavy (non-hydrogen) atoms. The topological polar surface area (TPSA) is 64.3 Å². The highest BCUT2D eigenvalue weighted by atomic mass is 16.3. The van der Waals surface area contributed by atoms with E-state index in [1.807, 2.05) is 43.3 Å². The predicted octanol–water partition coefficient (Wildman–Crippen LogP) is 3.83. The van der Waals surface area contributed by atoms with Gasteiger partial charge in [0.05, 0.1) is 11.5 Å². The number of nitrogens with zero attached hydrogens (tertiary/aromatic N) is 2. The number of amides is 1. The maximum Gasteiger partial charge on any atom is 0.253 e. The fraction of sp³-hybridized carbons (Fsp3) is 0.300. The number of likely N-dealkylation sites (tertiary alicyclic amines) is 1. The van der Waals surface area contributed by atoms with Gasteiger partial charge in [-0.15, -0.1) is 0 Å². The zero-order valence-electron chi connectivity index (χ0n) is 13.7. The molecule has 2 aromatic carbocycles. The Kier molecular flexibility index (Phi) is 4.26. The molecule has 3 rings (SSSR count). The van der Waals surface area contributed by atoms with Crippen molar-refractivity contribution in [2.75, 3.05) is 13.1 Å². The van der Waals surface area contributed by atoms with Crippen molar-refractivity contribution in [2.45, 2.75) is 19.8 Å². The number of rotatable bonds is 2. The minimum Gasteiger partial charge on any atom is -0.508 e. The third kappa shape index (κ3) is 3.26. The molecule has 0 saturated carbocycles. The first-order chi connectivity index (χ1) is 11.5. The molecule has 4 heteroatoms. The Hall–Kier alpha value is -2.80. The molecule has 2 aromatic rings. The SMILES string of the molecule is C[C@]1(C#N)CCCN(C(=O)c2cccc(-c3ccc(O)cc3)c2)C1. The van der Waals surface area contributed by atoms with Gasteiger partial charge in [-0.3, -0.25) is 4.79 Å². The lowest BCUT2D eigenvalue weighted by molar-refractivity contribution is 0.0630. The van der Waals surface area contributed by atoms with E-state index in [0.717, 1.165) is 24.0 Å². The van der Waals surface area contributed by atoms with E-state index in [1.165, 1.54) is 0 Å². The Bertz CT molecular complexity index is 792. The van der Waals surface area contributed by atoms with Gasteiger partial charge in [0.1, 0.15) is 5.75 Å². The second-order valence-electron chi connectivity index (χ2n) is 6.63. The predicted molar refractivity (Wildman–Crippen MR) is 92.4 cm³/mol. The summed E-state index contributed by atoms with van der Waals surface area (Å²) in [6.45, 7) is 3.09. The fourth-order valence-electron chi connectivity index (χ4n) is 3.17. The average molecular weight is 320 g/mol. The van der Waals surface area contributed by atoms with Crippen LogP contribution in [0.4, 0.5) is 0 Å². The molecule has 1 saturated heterocycles. The first-order valence-corrected chi connectivity index (χ1v) is 8.11. The van der Waals surface area contributed by atoms with Crippen LogP contribution >= 0.6 is 0 Å². The fourth-order valence-corrected chi connectivity index (χ4v) is 3.17. The number of nitriles is 1. The van der Waals surface area contributed by atoms with Crippen LogP contribution in [0.5, 0.6) is 5.75 Å². The number of phenolic OH excluding ortho intramolecular Hbond substituents is 1. The molecule has 1 amide bonds. The highest BCUT2D eigenvalue weighted by molar-refractivity contribution is 5.95. The number of carbonyl (C=O) groups excluding carboxylic acids is 1. The van der Waals surface area contributed by atoms with Crippen LogP contribution in [0.1, 0.15) is 30.1 Å². The summed E-state index contributed by atoms with van der Waals surface area (Å²) in [4.78, 5) is 14.6. The normalized spacial score (nSPS) is 20.4. The van der Waals surface area contributed by atoms with Crippen molar-refractivity contribution in [3.05, 3.63) is 54.1 Å². The molecule has 1 atom stereocenters. The largest absolute Gasteiger partial charge is 0.508 e. The van der Waals surface area contributed by atoms with E-state index in [-0.39, 0.29) is 11.7 Å². The molecule has 0 radical (unpaired) electrons. The van der Waals surface area contributed by atoms with Crippen LogP contribution < -0.4 is 0 Å². The molecule has 1 N–H and O–H groups in total. The molecular weight excluding hydrogens is 300 g/mol. The smallest absolute Gasteiger partial charge is 0.253 e. The van der Waals surface area contributed by atoms with E-state index in [0.29, 0.717) is 18.7 Å². The number of hydrogen-bond donors (Lipinski definition) is 1. The number of phenols is 1. The quantitative estimate of drug-likeness (QED) is 0.914. The summed E-state index contributed by atoms with van der Waals surface area (Å²) in [5.74, 6) is 0.187. The van der Waals surface area contributed by atoms with Crippen molar-refractivity contribution in [3.63, 3.8) is 0 Å². The van der Waals surface area contributed by atoms with Gasteiger partial charge in [-0.2, -0.15) is 5.26 Å². The van der Waals surface area contributed by atoms with E-state index >= 15 is 0 Å². The lowest BCUT2D eigenvalue weighted by atomic mass is 9.83. The Balaban J connectivity index is 1.85. The summed E-state index contributed by atoms with van der Waals surface area (Å²) in [6, 6.07) is 16.7. The van der Waals surface area contributed by atoms with Crippen molar-refractivity contribution in [1.29, 1.82) is 5.26 Å². The summed E-state index contributed by atoms with van der Waals surface area (Å²) in [5.41, 5.74) is 2.05. The van der Waals surface area contributed by atoms with E-state index < -0.39 is 5.41 Å². The Morgan fingerprint density at radius 2 is 1.96 bits per heavy atom. The molecule has 0 spiro atoms. The second-order valence-corrected chi connectivity index (χ2v) is 6.63. The molecule has 1 fully saturated rings. The number of aromatic hydroxyl groups is 1. The maximum absolute atomic E-state index is 12.8. The standard InChI is InChI=1S/C20H20N2O2/c1-20(13-21)10-3-11-22(14-20)19(24)17-5-2-4-16(12-17)15-6-8-18(23)9-7-15/h2,4-9,12,23H,3,10-11,14H2,1H3/t20-/m1/s1. The van der Waals surface area contributed by atoms with Crippen molar-refractivity contribution in [2.24, 2.45) is 5.41 Å². The Morgan fingerprint density at radius 3 is 2.67 bits per heavy atom. The zero-order chi connectivity index (χ0) is 17.2. The van der Waals surface area contributed by atoms with E-state index in [4.69, 9.17) is 0 Å². The monoisotopic (exact) mass is 320 g/mol. The zero-order valence-corrected chi connectivity index (χ0v) is 13.7. The highest BCUT2D eigenvalue weighted by Crippen LogP contribution is 2.30. The Labute approximate surface area is 142 Å². The van der Waals surface area contributed by atoms with Gasteiger partial charge in [-0.25, -0.2) is 0 Å². The maximum atomic E-state index is 12.8. The van der Waals surface area contributed by atoms with Gasteiger partial charge in [0.25, 0.3) is 5.91 Å². The van der Waals surface area contributed by atoms with Crippen LogP contribution in [0.25, 0.3) is 11.1 Å². The van der Waals surface area contributed by atoms with Gasteiger partial charge in [0.2, 0.25) is 0 Å². The van der Waals surface area contributed by atoms with Crippen LogP contribution in [0.3, 0.4) is 0 Å². The molecule has 0 unspecified atom stereocenters. The van der Waals surface area contributed by atoms with Crippen LogP contribution in [0, 0.1) is 16.7 Å². The molecule has 0 aromatic heterocycles. The second kappa shape index (κ2) is 6.37. The lowest BCUT2D eigenvalue weighted by Gasteiger charge is -2.36. The summed E-state index contributed by atoms with van der Waals surface area (Å²) in [7, 11) is 0. The van der Waals surface area contributed by atoms with Gasteiger partial charge in [-0.1, -0.05) is 24.3 Å². The Morgan fingerprint density at radius 1 is 1.21 bits per heavy atom. The highest BCUT2D eigenvalue weighted by Gasteiger charge is 2.33. The van der Waals surface area contributed by atoms with Gasteiger partial charge >= 0.3 is 0 Å². The van der Waals surface area contributed by atoms with Crippen LogP contribution in [-0.2, 0) is 0 Å². The number of hydrogen-bond acceptors (Lipinski definition) is 3. The summed E-state index contributed by atoms with van der Waals surface area (Å²) < 4.78 is 0. The first kappa shape index (κ1) is 16.1. The van der Waals surface area contributed by atoms with Crippen molar-refractivity contribution >= 4 is 5.91 Å². The average Bonchev–Trinajstić information content (AvgIpc) is 2.62. The third-order valence-electron chi connectivity index (χ3n) is 4.56. The minimum atomic E-state index is -0.456. The van der Waals surface area contributed by atoms with Crippen LogP contribution in [0.15, 0.2) is 48.5 Å². The summed E-state index contributed by atoms with van der Waals surface area (Å²) in [5, 5.41) is 18.7. The van der Waals surface area contributed by atoms with E-state index in [1.54, 1.807) is 17.0 Å². The van der Waals surface area contributed by atoms with Crippen molar-refractivity contribution < 1.29 is 9.90 Å². The minimum absolute atomic E-state index is 0.0307. The van der Waals surface area contributed by atoms with Gasteiger partial charge in [0, 0.05) is 18.7 Å². The molecule has 1 aliphatic rings. The van der Waals surface area contributed by atoms with Crippen molar-refractivity contribution in [1.82, 2.24) is 4.90 Å².